The van der Waals surface area contributed by atoms with Crippen molar-refractivity contribution < 1.29 is 19.1 Å². The van der Waals surface area contributed by atoms with Crippen molar-refractivity contribution >= 4 is 44.0 Å². The fourth-order valence-electron chi connectivity index (χ4n) is 5.78. The Morgan fingerprint density at radius 3 is 2.92 bits per heavy atom. The number of hydrogen-bond donors (Lipinski definition) is 1. The van der Waals surface area contributed by atoms with Crippen molar-refractivity contribution in [2.24, 2.45) is 11.8 Å². The molecule has 0 unspecified atom stereocenters. The monoisotopic (exact) mass is 541 g/mol. The van der Waals surface area contributed by atoms with Crippen LogP contribution in [0.15, 0.2) is 30.3 Å². The molecule has 2 saturated heterocycles. The van der Waals surface area contributed by atoms with E-state index >= 15 is 0 Å². The summed E-state index contributed by atoms with van der Waals surface area (Å²) in [6, 6.07) is 9.50. The fraction of sp³-hybridized carbons (Fsp3) is 0.556. The summed E-state index contributed by atoms with van der Waals surface area (Å²) in [5, 5.41) is 13.4. The number of ether oxygens (including phenoxy) is 1. The highest BCUT2D eigenvalue weighted by Gasteiger charge is 2.50. The van der Waals surface area contributed by atoms with Crippen LogP contribution in [0, 0.1) is 23.2 Å². The Balaban J connectivity index is 1.43. The first-order valence-corrected chi connectivity index (χ1v) is 15.3. The van der Waals surface area contributed by atoms with Gasteiger partial charge in [0, 0.05) is 25.2 Å². The summed E-state index contributed by atoms with van der Waals surface area (Å²) in [5.74, 6) is 0.0814. The molecular formula is C27H34ClN4O4Si. The number of nitrogens with one attached hydrogen (secondary N) is 1. The van der Waals surface area contributed by atoms with Gasteiger partial charge in [-0.1, -0.05) is 42.7 Å². The molecule has 4 rings (SSSR count). The van der Waals surface area contributed by atoms with Gasteiger partial charge in [0.15, 0.2) is 14.3 Å². The van der Waals surface area contributed by atoms with Gasteiger partial charge in [-0.3, -0.25) is 14.5 Å². The zero-order valence-corrected chi connectivity index (χ0v) is 23.0. The number of hydrogen-bond acceptors (Lipinski definition) is 5. The molecule has 37 heavy (non-hydrogen) atoms. The van der Waals surface area contributed by atoms with Gasteiger partial charge in [0.25, 0.3) is 0 Å². The van der Waals surface area contributed by atoms with Crippen molar-refractivity contribution in [1.82, 2.24) is 15.1 Å². The average molecular weight is 542 g/mol. The van der Waals surface area contributed by atoms with E-state index in [0.717, 1.165) is 43.7 Å². The first-order valence-electron chi connectivity index (χ1n) is 13.0. The van der Waals surface area contributed by atoms with Crippen LogP contribution in [0.1, 0.15) is 37.7 Å². The van der Waals surface area contributed by atoms with E-state index in [0.29, 0.717) is 24.2 Å². The van der Waals surface area contributed by atoms with Crippen molar-refractivity contribution in [2.45, 2.75) is 56.3 Å². The van der Waals surface area contributed by atoms with Crippen LogP contribution >= 0.6 is 11.6 Å². The van der Waals surface area contributed by atoms with Gasteiger partial charge in [-0.15, -0.1) is 0 Å². The largest absolute Gasteiger partial charge is 0.445 e. The van der Waals surface area contributed by atoms with Crippen LogP contribution in [0.4, 0.5) is 9.59 Å². The first-order chi connectivity index (χ1) is 17.9. The Hall–Kier alpha value is -2.83. The summed E-state index contributed by atoms with van der Waals surface area (Å²) in [7, 11) is 0.215. The predicted octanol–water partition coefficient (Wildman–Crippen LogP) is 4.52. The molecule has 1 N–H and O–H groups in total. The van der Waals surface area contributed by atoms with Gasteiger partial charge < -0.3 is 15.0 Å². The number of nitriles is 1. The number of likely N-dealkylation sites (N-methyl/N-ethyl adjacent to an activating group) is 1. The number of halogens is 1. The number of amides is 3. The standard InChI is InChI=1S/C27H34ClN4O4Si/c1-31(22(16-29)18-37-14-6-12-30-26(37)34)25(33)24-23-11-3-2-9-20(23)17-32(24)27(35)36-13-5-8-19-7-4-10-21(28)15-19/h4-5,7-8,10,15,20,22-24H,2-3,6,9,11-14,17-18H2,1H3,(H,30,34)/b8-5+/t20-,22+,23-,24-/m0/s1. The lowest BCUT2D eigenvalue weighted by molar-refractivity contribution is -0.136. The highest BCUT2D eigenvalue weighted by atomic mass is 35.5. The van der Waals surface area contributed by atoms with Crippen LogP contribution in [0.5, 0.6) is 0 Å². The Bertz CT molecular complexity index is 1080. The van der Waals surface area contributed by atoms with Crippen LogP contribution in [0.2, 0.25) is 17.1 Å². The minimum absolute atomic E-state index is 0.0431. The van der Waals surface area contributed by atoms with Crippen molar-refractivity contribution in [3.63, 3.8) is 0 Å². The molecule has 4 atom stereocenters. The van der Waals surface area contributed by atoms with Crippen molar-refractivity contribution in [3.05, 3.63) is 40.9 Å². The van der Waals surface area contributed by atoms with Crippen LogP contribution in [0.25, 0.3) is 6.08 Å². The Labute approximate surface area is 225 Å². The average Bonchev–Trinajstić information content (AvgIpc) is 3.29. The highest BCUT2D eigenvalue weighted by molar-refractivity contribution is 6.90. The summed E-state index contributed by atoms with van der Waals surface area (Å²) in [5.41, 5.74) is 0.948. The van der Waals surface area contributed by atoms with E-state index in [1.165, 1.54) is 4.90 Å². The first kappa shape index (κ1) is 27.2. The van der Waals surface area contributed by atoms with Gasteiger partial charge in [0.05, 0.1) is 6.07 Å². The minimum atomic E-state index is -1.42. The van der Waals surface area contributed by atoms with E-state index in [4.69, 9.17) is 16.3 Å². The van der Waals surface area contributed by atoms with E-state index < -0.39 is 27.0 Å². The molecule has 1 aromatic rings. The molecule has 10 heteroatoms. The molecule has 8 nitrogen and oxygen atoms in total. The molecule has 0 spiro atoms. The predicted molar refractivity (Wildman–Crippen MR) is 143 cm³/mol. The van der Waals surface area contributed by atoms with Gasteiger partial charge in [0.1, 0.15) is 18.7 Å². The molecule has 3 aliphatic rings. The van der Waals surface area contributed by atoms with Gasteiger partial charge in [0.2, 0.25) is 5.91 Å². The number of carbonyl (C=O) groups is 3. The number of nitrogens with zero attached hydrogens (tertiary/aromatic N) is 3. The second-order valence-corrected chi connectivity index (χ2v) is 13.1. The minimum Gasteiger partial charge on any atom is -0.445 e. The number of carbonyl (C=O) groups excluding carboxylic acids is 3. The van der Waals surface area contributed by atoms with Gasteiger partial charge in [-0.2, -0.15) is 5.26 Å². The third-order valence-corrected chi connectivity index (χ3v) is 10.6. The zero-order chi connectivity index (χ0) is 26.4. The van der Waals surface area contributed by atoms with E-state index in [9.17, 15) is 19.6 Å². The molecule has 2 aliphatic heterocycles. The van der Waals surface area contributed by atoms with Gasteiger partial charge in [-0.05, 0) is 67.0 Å². The molecule has 3 amide bonds. The Kier molecular flexibility index (Phi) is 9.27. The molecule has 1 saturated carbocycles. The molecule has 2 heterocycles. The summed E-state index contributed by atoms with van der Waals surface area (Å²) >= 11 is 6.02. The van der Waals surface area contributed by atoms with E-state index in [-0.39, 0.29) is 29.9 Å². The molecular weight excluding hydrogens is 508 g/mol. The van der Waals surface area contributed by atoms with Crippen LogP contribution in [-0.2, 0) is 9.53 Å². The maximum absolute atomic E-state index is 13.8. The van der Waals surface area contributed by atoms with Crippen molar-refractivity contribution in [2.75, 3.05) is 26.7 Å². The van der Waals surface area contributed by atoms with Gasteiger partial charge in [-0.25, -0.2) is 4.79 Å². The quantitative estimate of drug-likeness (QED) is 0.511. The summed E-state index contributed by atoms with van der Waals surface area (Å²) < 4.78 is 5.55. The normalized spacial score (nSPS) is 24.7. The highest BCUT2D eigenvalue weighted by Crippen LogP contribution is 2.41. The molecule has 1 radical (unpaired) electrons. The maximum Gasteiger partial charge on any atom is 0.410 e. The topological polar surface area (TPSA) is 103 Å². The van der Waals surface area contributed by atoms with Gasteiger partial charge >= 0.3 is 6.09 Å². The lowest BCUT2D eigenvalue weighted by Gasteiger charge is -2.34. The van der Waals surface area contributed by atoms with E-state index in [1.54, 1.807) is 24.1 Å². The number of benzene rings is 1. The third kappa shape index (κ3) is 6.54. The fourth-order valence-corrected chi connectivity index (χ4v) is 8.40. The Morgan fingerprint density at radius 1 is 1.35 bits per heavy atom. The lowest BCUT2D eigenvalue weighted by Crippen LogP contribution is -2.53. The van der Waals surface area contributed by atoms with E-state index in [1.807, 2.05) is 24.3 Å². The maximum atomic E-state index is 13.8. The second kappa shape index (κ2) is 12.6. The number of likely N-dealkylation sites (tertiary alicyclic amines) is 1. The Morgan fingerprint density at radius 2 is 2.16 bits per heavy atom. The molecule has 197 valence electrons. The SMILES string of the molecule is CN(C(=O)[C@@H]1[C@H]2CCCC[C@H]2CN1C(=O)OC/C=C/c1cccc(Cl)c1)[C@H](C#N)C[Si]1CCCNC1=O. The number of fused-ring (bicyclic) bond motifs is 1. The van der Waals surface area contributed by atoms with E-state index in [2.05, 4.69) is 11.4 Å². The lowest BCUT2D eigenvalue weighted by atomic mass is 9.78. The van der Waals surface area contributed by atoms with Crippen LogP contribution in [-0.4, -0.2) is 75.0 Å². The zero-order valence-electron chi connectivity index (χ0n) is 21.2. The summed E-state index contributed by atoms with van der Waals surface area (Å²) in [6.45, 7) is 1.24. The van der Waals surface area contributed by atoms with Crippen LogP contribution < -0.4 is 5.32 Å². The van der Waals surface area contributed by atoms with Crippen molar-refractivity contribution in [3.8, 4) is 6.07 Å². The molecule has 1 aliphatic carbocycles. The smallest absolute Gasteiger partial charge is 0.410 e. The second-order valence-electron chi connectivity index (χ2n) is 10.1. The summed E-state index contributed by atoms with van der Waals surface area (Å²) in [4.78, 5) is 42.3. The van der Waals surface area contributed by atoms with Crippen molar-refractivity contribution in [1.29, 1.82) is 5.26 Å². The molecule has 0 bridgehead atoms. The van der Waals surface area contributed by atoms with Crippen LogP contribution in [0.3, 0.4) is 0 Å². The third-order valence-electron chi connectivity index (χ3n) is 7.76. The number of rotatable bonds is 7. The molecule has 0 aromatic heterocycles. The molecule has 3 fully saturated rings. The molecule has 1 aromatic carbocycles. The summed E-state index contributed by atoms with van der Waals surface area (Å²) in [6.07, 6.45) is 7.95.